The summed E-state index contributed by atoms with van der Waals surface area (Å²) in [4.78, 5) is 29.0. The first-order valence-electron chi connectivity index (χ1n) is 12.6. The van der Waals surface area contributed by atoms with Gasteiger partial charge >= 0.3 is 148 Å². The molecule has 0 heterocycles. The SMILES string of the molecule is O=C(Nc1ccc(C(=O)Nc2cc(S(=O)(=O)[O-])cc3cc(S(=O)(=O)[O-])cc(S(=O)(=O)[O-])c23)c(S(=O)(=O)[O-])c1)c1ccc([N+](=O)[O-])cc1S(=O)(=O)[O-].[Na+].[Na+].[Na+].[Na+].[Na+]. The summed E-state index contributed by atoms with van der Waals surface area (Å²) >= 11 is 0. The minimum atomic E-state index is -5.78. The van der Waals surface area contributed by atoms with Gasteiger partial charge in [-0.25, -0.2) is 42.1 Å². The van der Waals surface area contributed by atoms with Gasteiger partial charge < -0.3 is 33.4 Å². The number of nitrogens with zero attached hydrogens (tertiary/aromatic N) is 1. The Morgan fingerprint density at radius 3 is 1.34 bits per heavy atom. The molecule has 4 aromatic carbocycles. The fraction of sp³-hybridized carbons (Fsp3) is 0. The van der Waals surface area contributed by atoms with Crippen LogP contribution in [0.5, 0.6) is 0 Å². The summed E-state index contributed by atoms with van der Waals surface area (Å²) in [6, 6.07) is 4.12. The van der Waals surface area contributed by atoms with Crippen molar-refractivity contribution in [1.29, 1.82) is 0 Å². The number of amides is 2. The van der Waals surface area contributed by atoms with Crippen LogP contribution in [0.1, 0.15) is 20.7 Å². The molecule has 0 spiro atoms. The Balaban J connectivity index is 0. The Bertz CT molecular complexity index is 2800. The molecule has 4 rings (SSSR count). The van der Waals surface area contributed by atoms with Gasteiger partial charge in [-0.2, -0.15) is 0 Å². The van der Waals surface area contributed by atoms with Gasteiger partial charge in [0.2, 0.25) is 0 Å². The molecule has 32 heteroatoms. The van der Waals surface area contributed by atoms with E-state index in [1.165, 1.54) is 0 Å². The van der Waals surface area contributed by atoms with E-state index >= 15 is 0 Å². The van der Waals surface area contributed by atoms with Gasteiger partial charge in [0.05, 0.1) is 46.2 Å². The van der Waals surface area contributed by atoms with Crippen LogP contribution in [0.25, 0.3) is 10.8 Å². The summed E-state index contributed by atoms with van der Waals surface area (Å²) in [5.41, 5.74) is -4.74. The third-order valence-corrected chi connectivity index (χ3v) is 10.7. The quantitative estimate of drug-likeness (QED) is 0.0645. The molecule has 0 fully saturated rings. The maximum atomic E-state index is 13.3. The second kappa shape index (κ2) is 21.2. The van der Waals surface area contributed by atoms with Crippen molar-refractivity contribution in [1.82, 2.24) is 0 Å². The van der Waals surface area contributed by atoms with E-state index in [1.807, 2.05) is 5.32 Å². The summed E-state index contributed by atoms with van der Waals surface area (Å²) in [5.74, 6) is -3.19. The van der Waals surface area contributed by atoms with Crippen LogP contribution < -0.4 is 158 Å². The molecule has 272 valence electrons. The van der Waals surface area contributed by atoms with Crippen LogP contribution in [-0.4, -0.2) is 81.6 Å². The number of nitrogens with one attached hydrogen (secondary N) is 2. The number of nitro benzene ring substituents is 1. The van der Waals surface area contributed by atoms with Crippen LogP contribution in [0.15, 0.2) is 85.1 Å². The molecule has 0 unspecified atom stereocenters. The Hall–Kier alpha value is 0.0300. The van der Waals surface area contributed by atoms with Crippen LogP contribution in [0.3, 0.4) is 0 Å². The van der Waals surface area contributed by atoms with Crippen LogP contribution in [0.2, 0.25) is 0 Å². The topological polar surface area (TPSA) is 387 Å². The van der Waals surface area contributed by atoms with Crippen LogP contribution in [0, 0.1) is 10.1 Å². The number of hydrogen-bond donors (Lipinski definition) is 2. The van der Waals surface area contributed by atoms with Crippen LogP contribution in [-0.2, 0) is 50.6 Å². The molecule has 0 radical (unpaired) electrons. The molecular weight excluding hydrogens is 910 g/mol. The summed E-state index contributed by atoms with van der Waals surface area (Å²) < 4.78 is 178. The molecule has 22 nitrogen and oxygen atoms in total. The Labute approximate surface area is 427 Å². The van der Waals surface area contributed by atoms with Gasteiger partial charge in [-0.1, -0.05) is 0 Å². The van der Waals surface area contributed by atoms with Gasteiger partial charge in [0.25, 0.3) is 17.5 Å². The van der Waals surface area contributed by atoms with Crippen molar-refractivity contribution in [3.8, 4) is 0 Å². The fourth-order valence-electron chi connectivity index (χ4n) is 4.41. The van der Waals surface area contributed by atoms with Crippen molar-refractivity contribution in [2.24, 2.45) is 0 Å². The molecule has 2 amide bonds. The maximum absolute atomic E-state index is 13.3. The van der Waals surface area contributed by atoms with Crippen molar-refractivity contribution in [3.63, 3.8) is 0 Å². The van der Waals surface area contributed by atoms with Crippen molar-refractivity contribution >= 4 is 90.2 Å². The minimum Gasteiger partial charge on any atom is -0.744 e. The number of carbonyl (C=O) groups is 2. The second-order valence-electron chi connectivity index (χ2n) is 9.82. The monoisotopic (exact) mass is 921 g/mol. The first-order chi connectivity index (χ1) is 23.1. The van der Waals surface area contributed by atoms with E-state index in [2.05, 4.69) is 0 Å². The van der Waals surface area contributed by atoms with Crippen molar-refractivity contribution < 1.29 is 227 Å². The minimum absolute atomic E-state index is 0. The average molecular weight is 922 g/mol. The standard InChI is InChI=1S/C24H17N3O19S5.5Na/c28-23(17-4-2-13(27(30)31)8-20(17)50(41,42)43)25-12-1-3-16(19(7-12)49(38,39)40)24(29)26-18-9-14(47(32,33)34)5-11-6-15(48(35,36)37)10-21(22(11)18)51(44,45)46;;;;;/h1-10H,(H,25,28)(H,26,29)(H,32,33,34)(H,35,36,37)(H,38,39,40)(H,41,42,43)(H,44,45,46);;;;;/q;5*+1/p-5. The Morgan fingerprint density at radius 2 is 0.911 bits per heavy atom. The smallest absolute Gasteiger partial charge is 0.744 e. The van der Waals surface area contributed by atoms with Gasteiger partial charge in [0, 0.05) is 23.2 Å². The molecule has 0 atom stereocenters. The fourth-order valence-corrected chi connectivity index (χ4v) is 7.70. The first-order valence-corrected chi connectivity index (χ1v) is 19.6. The van der Waals surface area contributed by atoms with E-state index in [1.54, 1.807) is 5.32 Å². The number of nitro groups is 1. The van der Waals surface area contributed by atoms with Crippen LogP contribution in [0.4, 0.5) is 17.1 Å². The number of carbonyl (C=O) groups excluding carboxylic acids is 2. The van der Waals surface area contributed by atoms with Gasteiger partial charge in [-0.3, -0.25) is 19.7 Å². The number of fused-ring (bicyclic) bond motifs is 1. The molecule has 0 saturated carbocycles. The third kappa shape index (κ3) is 14.0. The van der Waals surface area contributed by atoms with Crippen molar-refractivity contribution in [3.05, 3.63) is 81.9 Å². The maximum Gasteiger partial charge on any atom is 1.00 e. The zero-order chi connectivity index (χ0) is 38.6. The molecule has 4 aromatic rings. The predicted octanol–water partition coefficient (Wildman–Crippen LogP) is -15.2. The normalized spacial score (nSPS) is 11.6. The summed E-state index contributed by atoms with van der Waals surface area (Å²) in [7, 11) is -28.1. The van der Waals surface area contributed by atoms with Crippen molar-refractivity contribution in [2.45, 2.75) is 24.5 Å². The van der Waals surface area contributed by atoms with Crippen LogP contribution >= 0.6 is 0 Å². The van der Waals surface area contributed by atoms with Crippen molar-refractivity contribution in [2.75, 3.05) is 10.6 Å². The summed E-state index contributed by atoms with van der Waals surface area (Å²) in [5, 5.41) is 12.9. The second-order valence-corrected chi connectivity index (χ2v) is 16.6. The zero-order valence-corrected chi connectivity index (χ0v) is 43.1. The number of benzene rings is 4. The molecule has 2 N–H and O–H groups in total. The van der Waals surface area contributed by atoms with Gasteiger partial charge in [-0.15, -0.1) is 0 Å². The van der Waals surface area contributed by atoms with Gasteiger partial charge in [0.1, 0.15) is 50.6 Å². The predicted molar refractivity (Wildman–Crippen MR) is 159 cm³/mol. The zero-order valence-electron chi connectivity index (χ0n) is 29.0. The van der Waals surface area contributed by atoms with E-state index < -0.39 is 131 Å². The molecule has 56 heavy (non-hydrogen) atoms. The average Bonchev–Trinajstić information content (AvgIpc) is 2.97. The summed E-state index contributed by atoms with van der Waals surface area (Å²) in [6.45, 7) is 0. The number of non-ortho nitro benzene ring substituents is 1. The molecule has 0 aliphatic heterocycles. The summed E-state index contributed by atoms with van der Waals surface area (Å²) in [6.07, 6.45) is 0. The Kier molecular flexibility index (Phi) is 22.0. The molecule has 0 aliphatic carbocycles. The van der Waals surface area contributed by atoms with E-state index in [4.69, 9.17) is 0 Å². The molecule has 0 aliphatic rings. The van der Waals surface area contributed by atoms with Gasteiger partial charge in [0.15, 0.2) is 0 Å². The van der Waals surface area contributed by atoms with E-state index in [0.717, 1.165) is 0 Å². The number of anilines is 2. The number of rotatable bonds is 10. The Morgan fingerprint density at radius 1 is 0.500 bits per heavy atom. The van der Waals surface area contributed by atoms with Gasteiger partial charge in [-0.05, 0) is 53.9 Å². The number of hydrogen-bond acceptors (Lipinski definition) is 19. The molecule has 0 bridgehead atoms. The third-order valence-electron chi connectivity index (χ3n) is 6.50. The molecule has 0 aromatic heterocycles. The van der Waals surface area contributed by atoms with E-state index in [0.29, 0.717) is 42.5 Å². The molecular formula is C24H12N3Na5O19S5. The van der Waals surface area contributed by atoms with E-state index in [-0.39, 0.29) is 166 Å². The first kappa shape index (κ1) is 58.1. The largest absolute Gasteiger partial charge is 1.00 e. The van der Waals surface area contributed by atoms with E-state index in [9.17, 15) is 84.6 Å². The molecule has 0 saturated heterocycles.